The monoisotopic (exact) mass is 412 g/mol. The molecule has 0 saturated heterocycles. The first-order valence-electron chi connectivity index (χ1n) is 9.55. The van der Waals surface area contributed by atoms with Crippen LogP contribution in [0.1, 0.15) is 63.8 Å². The van der Waals surface area contributed by atoms with Crippen LogP contribution < -0.4 is 9.47 Å². The fourth-order valence-electron chi connectivity index (χ4n) is 3.44. The number of aromatic hydroxyl groups is 1. The molecule has 2 atom stereocenters. The largest absolute Gasteiger partial charge is 0.504 e. The van der Waals surface area contributed by atoms with Crippen LogP contribution in [-0.4, -0.2) is 46.7 Å². The number of phenolic OH excluding ortho intramolecular Hbond substituents is 1. The van der Waals surface area contributed by atoms with Gasteiger partial charge in [-0.05, 0) is 18.9 Å². The molecular formula is C23H24O7. The minimum absolute atomic E-state index is 0.00422. The third-order valence-electron chi connectivity index (χ3n) is 5.17. The average Bonchev–Trinajstić information content (AvgIpc) is 2.74. The molecule has 2 aromatic carbocycles. The second-order valence-electron chi connectivity index (χ2n) is 7.16. The van der Waals surface area contributed by atoms with E-state index in [4.69, 9.17) is 9.47 Å². The van der Waals surface area contributed by atoms with Crippen LogP contribution in [0.5, 0.6) is 17.2 Å². The minimum atomic E-state index is -1.54. The molecule has 2 aromatic rings. The number of ether oxygens (including phenoxy) is 2. The Bertz CT molecular complexity index is 1040. The van der Waals surface area contributed by atoms with Gasteiger partial charge in [-0.2, -0.15) is 0 Å². The normalized spacial score (nSPS) is 14.6. The lowest BCUT2D eigenvalue weighted by Crippen LogP contribution is -2.25. The van der Waals surface area contributed by atoms with Gasteiger partial charge in [-0.25, -0.2) is 0 Å². The van der Waals surface area contributed by atoms with Crippen molar-refractivity contribution in [3.05, 3.63) is 64.2 Å². The van der Waals surface area contributed by atoms with Crippen molar-refractivity contribution in [3.63, 3.8) is 0 Å². The SMILES string of the molecule is C=C(CC)COc1c(O)c2c(c(OC)c1C(O)C(C)O)C(=O)c1ccccc1C2=O. The Hall–Kier alpha value is -3.16. The molecule has 0 radical (unpaired) electrons. The number of carbonyl (C=O) groups excluding carboxylic acids is 2. The smallest absolute Gasteiger partial charge is 0.198 e. The highest BCUT2D eigenvalue weighted by molar-refractivity contribution is 6.30. The Morgan fingerprint density at radius 3 is 2.13 bits per heavy atom. The Kier molecular flexibility index (Phi) is 5.96. The van der Waals surface area contributed by atoms with Crippen LogP contribution in [0.4, 0.5) is 0 Å². The Morgan fingerprint density at radius 1 is 1.07 bits per heavy atom. The van der Waals surface area contributed by atoms with E-state index in [0.29, 0.717) is 12.0 Å². The van der Waals surface area contributed by atoms with Gasteiger partial charge in [0.05, 0.1) is 29.9 Å². The molecule has 0 bridgehead atoms. The molecule has 7 nitrogen and oxygen atoms in total. The van der Waals surface area contributed by atoms with Crippen LogP contribution in [0.25, 0.3) is 0 Å². The lowest BCUT2D eigenvalue weighted by molar-refractivity contribution is 0.0269. The molecule has 3 rings (SSSR count). The van der Waals surface area contributed by atoms with Crippen molar-refractivity contribution in [3.8, 4) is 17.2 Å². The molecule has 2 unspecified atom stereocenters. The summed E-state index contributed by atoms with van der Waals surface area (Å²) in [7, 11) is 1.28. The second kappa shape index (κ2) is 8.30. The summed E-state index contributed by atoms with van der Waals surface area (Å²) in [4.78, 5) is 26.4. The number of carbonyl (C=O) groups is 2. The standard InChI is InChI=1S/C23H24O7/c1-5-11(2)10-30-23-17(18(25)12(3)24)22(29-4)16-15(21(23)28)19(26)13-8-6-7-9-14(13)20(16)27/h6-9,12,18,24-25,28H,2,5,10H2,1,3-4H3. The summed E-state index contributed by atoms with van der Waals surface area (Å²) in [5.74, 6) is -2.03. The number of hydrogen-bond acceptors (Lipinski definition) is 7. The number of aliphatic hydroxyl groups is 2. The Balaban J connectivity index is 2.35. The summed E-state index contributed by atoms with van der Waals surface area (Å²) in [6, 6.07) is 6.26. The van der Waals surface area contributed by atoms with Crippen molar-refractivity contribution in [1.82, 2.24) is 0 Å². The van der Waals surface area contributed by atoms with E-state index in [-0.39, 0.29) is 45.9 Å². The minimum Gasteiger partial charge on any atom is -0.504 e. The van der Waals surface area contributed by atoms with Crippen molar-refractivity contribution in [2.45, 2.75) is 32.5 Å². The van der Waals surface area contributed by atoms with Gasteiger partial charge in [0.25, 0.3) is 0 Å². The molecule has 0 aliphatic heterocycles. The number of fused-ring (bicyclic) bond motifs is 2. The van der Waals surface area contributed by atoms with Crippen LogP contribution in [-0.2, 0) is 0 Å². The maximum atomic E-state index is 13.2. The summed E-state index contributed by atoms with van der Waals surface area (Å²) in [6.45, 7) is 7.07. The Morgan fingerprint density at radius 2 is 1.63 bits per heavy atom. The van der Waals surface area contributed by atoms with Gasteiger partial charge in [0, 0.05) is 11.1 Å². The number of aliphatic hydroxyl groups excluding tert-OH is 2. The summed E-state index contributed by atoms with van der Waals surface area (Å²) >= 11 is 0. The predicted octanol–water partition coefficient (Wildman–Crippen LogP) is 2.94. The topological polar surface area (TPSA) is 113 Å². The number of benzene rings is 2. The Labute approximate surface area is 174 Å². The van der Waals surface area contributed by atoms with E-state index in [2.05, 4.69) is 6.58 Å². The molecule has 0 fully saturated rings. The zero-order valence-corrected chi connectivity index (χ0v) is 17.1. The lowest BCUT2D eigenvalue weighted by atomic mass is 9.80. The summed E-state index contributed by atoms with van der Waals surface area (Å²) in [6.07, 6.45) is -2.20. The molecule has 158 valence electrons. The highest BCUT2D eigenvalue weighted by atomic mass is 16.5. The molecule has 0 heterocycles. The summed E-state index contributed by atoms with van der Waals surface area (Å²) < 4.78 is 11.1. The zero-order valence-electron chi connectivity index (χ0n) is 17.1. The van der Waals surface area contributed by atoms with Crippen molar-refractivity contribution in [2.75, 3.05) is 13.7 Å². The van der Waals surface area contributed by atoms with Gasteiger partial charge in [0.2, 0.25) is 0 Å². The zero-order chi connectivity index (χ0) is 22.2. The van der Waals surface area contributed by atoms with Gasteiger partial charge < -0.3 is 24.8 Å². The molecule has 1 aliphatic carbocycles. The van der Waals surface area contributed by atoms with E-state index in [1.54, 1.807) is 12.1 Å². The molecule has 0 aromatic heterocycles. The molecule has 0 saturated carbocycles. The fraction of sp³-hybridized carbons (Fsp3) is 0.304. The van der Waals surface area contributed by atoms with Crippen LogP contribution >= 0.6 is 0 Å². The molecule has 0 spiro atoms. The van der Waals surface area contributed by atoms with E-state index in [1.165, 1.54) is 26.2 Å². The summed E-state index contributed by atoms with van der Waals surface area (Å²) in [5.41, 5.74) is 0.493. The highest BCUT2D eigenvalue weighted by Gasteiger charge is 2.40. The third-order valence-corrected chi connectivity index (χ3v) is 5.17. The first-order valence-corrected chi connectivity index (χ1v) is 9.55. The van der Waals surface area contributed by atoms with Gasteiger partial charge in [0.15, 0.2) is 23.1 Å². The number of methoxy groups -OCH3 is 1. The third kappa shape index (κ3) is 3.36. The van der Waals surface area contributed by atoms with Gasteiger partial charge in [0.1, 0.15) is 18.5 Å². The average molecular weight is 412 g/mol. The van der Waals surface area contributed by atoms with Crippen LogP contribution in [0.15, 0.2) is 36.4 Å². The molecule has 30 heavy (non-hydrogen) atoms. The van der Waals surface area contributed by atoms with Gasteiger partial charge in [-0.1, -0.05) is 37.8 Å². The second-order valence-corrected chi connectivity index (χ2v) is 7.16. The van der Waals surface area contributed by atoms with E-state index < -0.39 is 29.5 Å². The van der Waals surface area contributed by atoms with Crippen molar-refractivity contribution >= 4 is 11.6 Å². The number of ketones is 2. The highest BCUT2D eigenvalue weighted by Crippen LogP contribution is 2.50. The molecule has 3 N–H and O–H groups in total. The van der Waals surface area contributed by atoms with Crippen LogP contribution in [0, 0.1) is 0 Å². The molecule has 7 heteroatoms. The maximum Gasteiger partial charge on any atom is 0.198 e. The predicted molar refractivity (Wildman–Crippen MR) is 110 cm³/mol. The van der Waals surface area contributed by atoms with E-state index in [9.17, 15) is 24.9 Å². The number of hydrogen-bond donors (Lipinski definition) is 3. The van der Waals surface area contributed by atoms with Crippen LogP contribution in [0.2, 0.25) is 0 Å². The van der Waals surface area contributed by atoms with E-state index in [1.807, 2.05) is 6.92 Å². The van der Waals surface area contributed by atoms with Gasteiger partial charge in [-0.15, -0.1) is 0 Å². The number of phenols is 1. The molecule has 1 aliphatic rings. The quantitative estimate of drug-likeness (QED) is 0.511. The van der Waals surface area contributed by atoms with Crippen molar-refractivity contribution < 1.29 is 34.4 Å². The maximum absolute atomic E-state index is 13.2. The lowest BCUT2D eigenvalue weighted by Gasteiger charge is -2.28. The van der Waals surface area contributed by atoms with Gasteiger partial charge >= 0.3 is 0 Å². The van der Waals surface area contributed by atoms with Crippen molar-refractivity contribution in [1.29, 1.82) is 0 Å². The van der Waals surface area contributed by atoms with E-state index >= 15 is 0 Å². The number of rotatable bonds is 7. The summed E-state index contributed by atoms with van der Waals surface area (Å²) in [5, 5.41) is 31.6. The molecule has 0 amide bonds. The first kappa shape index (κ1) is 21.5. The van der Waals surface area contributed by atoms with Gasteiger partial charge in [-0.3, -0.25) is 9.59 Å². The van der Waals surface area contributed by atoms with E-state index in [0.717, 1.165) is 0 Å². The first-order chi connectivity index (χ1) is 14.2. The molecular weight excluding hydrogens is 388 g/mol. The van der Waals surface area contributed by atoms with Crippen molar-refractivity contribution in [2.24, 2.45) is 0 Å². The fourth-order valence-corrected chi connectivity index (χ4v) is 3.44. The van der Waals surface area contributed by atoms with Crippen LogP contribution in [0.3, 0.4) is 0 Å².